The predicted molar refractivity (Wildman–Crippen MR) is 173 cm³/mol. The summed E-state index contributed by atoms with van der Waals surface area (Å²) in [5, 5.41) is 29.6. The van der Waals surface area contributed by atoms with Crippen molar-refractivity contribution in [3.8, 4) is 0 Å². The first-order valence-corrected chi connectivity index (χ1v) is 15.8. The molecule has 1 saturated carbocycles. The number of likely N-dealkylation sites (tertiary alicyclic amines) is 1. The maximum atomic E-state index is 16.0. The Balaban J connectivity index is 1.63. The Labute approximate surface area is 276 Å². The van der Waals surface area contributed by atoms with Crippen molar-refractivity contribution in [3.63, 3.8) is 0 Å². The highest BCUT2D eigenvalue weighted by atomic mass is 35.5. The van der Waals surface area contributed by atoms with E-state index in [2.05, 4.69) is 10.6 Å². The van der Waals surface area contributed by atoms with Crippen LogP contribution in [0.3, 0.4) is 0 Å². The van der Waals surface area contributed by atoms with Gasteiger partial charge in [-0.15, -0.1) is 0 Å². The first-order valence-electron chi connectivity index (χ1n) is 15.0. The zero-order valence-corrected chi connectivity index (χ0v) is 26.9. The van der Waals surface area contributed by atoms with Gasteiger partial charge in [0, 0.05) is 46.9 Å². The van der Waals surface area contributed by atoms with E-state index in [0.717, 1.165) is 31.7 Å². The van der Waals surface area contributed by atoms with E-state index in [9.17, 15) is 24.8 Å². The molecule has 2 fully saturated rings. The summed E-state index contributed by atoms with van der Waals surface area (Å²) >= 11 is 12.5. The number of nitrogens with zero attached hydrogens (tertiary/aromatic N) is 2. The fourth-order valence-corrected chi connectivity index (χ4v) is 7.61. The molecule has 0 bridgehead atoms. The summed E-state index contributed by atoms with van der Waals surface area (Å²) in [6, 6.07) is 13.8. The van der Waals surface area contributed by atoms with E-state index in [-0.39, 0.29) is 46.6 Å². The number of nitro groups is 1. The number of carbonyl (C=O) groups is 2. The standard InChI is InChI=1S/C33H35Cl2FN4O6/c1-33(32(43)38-22-8-5-7-21(34)16-22)28(24-11-6-12-25(35)29(24)36)30(27(18-41)39(33)23-9-3-4-10-23)37-17-20-14-13-19(31(42)46-2)15-26(20)40(44)45/h5-8,11-16,23,27-28,30,37,41H,3-4,9-10,17-18H2,1-2H3,(H,38,43)/t27-,28-,30+,33+/m0/s1. The number of esters is 1. The summed E-state index contributed by atoms with van der Waals surface area (Å²) in [5.74, 6) is -2.75. The number of halogens is 3. The average Bonchev–Trinajstić information content (AvgIpc) is 3.65. The largest absolute Gasteiger partial charge is 0.465 e. The Morgan fingerprint density at radius 2 is 1.85 bits per heavy atom. The number of hydrogen-bond acceptors (Lipinski definition) is 8. The Kier molecular flexibility index (Phi) is 10.3. The number of hydrogen-bond donors (Lipinski definition) is 3. The van der Waals surface area contributed by atoms with Crippen LogP contribution in [0.15, 0.2) is 60.7 Å². The quantitative estimate of drug-likeness (QED) is 0.134. The molecule has 4 atom stereocenters. The second-order valence-electron chi connectivity index (χ2n) is 11.8. The Hall–Kier alpha value is -3.61. The number of carbonyl (C=O) groups excluding carboxylic acids is 2. The van der Waals surface area contributed by atoms with Crippen LogP contribution in [0.4, 0.5) is 15.8 Å². The van der Waals surface area contributed by atoms with E-state index < -0.39 is 46.2 Å². The zero-order valence-electron chi connectivity index (χ0n) is 25.3. The maximum absolute atomic E-state index is 16.0. The molecule has 244 valence electrons. The van der Waals surface area contributed by atoms with Crippen molar-refractivity contribution in [1.29, 1.82) is 0 Å². The third-order valence-electron chi connectivity index (χ3n) is 9.27. The number of anilines is 1. The van der Waals surface area contributed by atoms with Gasteiger partial charge in [-0.1, -0.05) is 60.3 Å². The average molecular weight is 674 g/mol. The molecule has 1 saturated heterocycles. The summed E-state index contributed by atoms with van der Waals surface area (Å²) in [6.45, 7) is 1.28. The lowest BCUT2D eigenvalue weighted by Crippen LogP contribution is -2.59. The molecule has 5 rings (SSSR count). The summed E-state index contributed by atoms with van der Waals surface area (Å²) < 4.78 is 20.7. The van der Waals surface area contributed by atoms with Gasteiger partial charge in [-0.25, -0.2) is 9.18 Å². The minimum Gasteiger partial charge on any atom is -0.465 e. The first-order chi connectivity index (χ1) is 22.0. The van der Waals surface area contributed by atoms with Gasteiger partial charge in [-0.2, -0.15) is 0 Å². The number of methoxy groups -OCH3 is 1. The molecule has 0 spiro atoms. The second kappa shape index (κ2) is 14.0. The van der Waals surface area contributed by atoms with Gasteiger partial charge in [0.05, 0.1) is 35.3 Å². The minimum atomic E-state index is -1.42. The molecule has 0 unspecified atom stereocenters. The molecule has 1 heterocycles. The van der Waals surface area contributed by atoms with Crippen LogP contribution in [-0.2, 0) is 16.1 Å². The number of aliphatic hydroxyl groups is 1. The maximum Gasteiger partial charge on any atom is 0.338 e. The molecule has 1 aliphatic carbocycles. The Morgan fingerprint density at radius 3 is 2.50 bits per heavy atom. The molecule has 1 amide bonds. The lowest BCUT2D eigenvalue weighted by Gasteiger charge is -2.43. The van der Waals surface area contributed by atoms with Crippen molar-refractivity contribution in [2.75, 3.05) is 19.0 Å². The zero-order chi connectivity index (χ0) is 33.2. The molecular formula is C33H35Cl2FN4O6. The van der Waals surface area contributed by atoms with Gasteiger partial charge < -0.3 is 20.5 Å². The Morgan fingerprint density at radius 1 is 1.13 bits per heavy atom. The molecule has 1 aliphatic heterocycles. The van der Waals surface area contributed by atoms with Crippen molar-refractivity contribution < 1.29 is 28.7 Å². The van der Waals surface area contributed by atoms with Gasteiger partial charge in [-0.3, -0.25) is 19.8 Å². The summed E-state index contributed by atoms with van der Waals surface area (Å²) in [6.07, 6.45) is 3.40. The highest BCUT2D eigenvalue weighted by Gasteiger charge is 2.62. The summed E-state index contributed by atoms with van der Waals surface area (Å²) in [7, 11) is 1.18. The van der Waals surface area contributed by atoms with Crippen molar-refractivity contribution in [1.82, 2.24) is 10.2 Å². The van der Waals surface area contributed by atoms with Crippen molar-refractivity contribution >= 4 is 46.5 Å². The highest BCUT2D eigenvalue weighted by Crippen LogP contribution is 2.50. The number of nitrogens with one attached hydrogen (secondary N) is 2. The Bertz CT molecular complexity index is 1640. The van der Waals surface area contributed by atoms with E-state index in [0.29, 0.717) is 10.7 Å². The molecule has 0 radical (unpaired) electrons. The van der Waals surface area contributed by atoms with E-state index in [1.165, 1.54) is 25.3 Å². The highest BCUT2D eigenvalue weighted by molar-refractivity contribution is 6.31. The molecule has 3 aromatic carbocycles. The van der Waals surface area contributed by atoms with E-state index in [1.54, 1.807) is 43.3 Å². The third-order valence-corrected chi connectivity index (χ3v) is 9.80. The lowest BCUT2D eigenvalue weighted by atomic mass is 9.77. The molecular weight excluding hydrogens is 638 g/mol. The van der Waals surface area contributed by atoms with Gasteiger partial charge in [0.25, 0.3) is 5.69 Å². The molecule has 3 aromatic rings. The number of nitro benzene ring substituents is 1. The predicted octanol–water partition coefficient (Wildman–Crippen LogP) is 6.09. The van der Waals surface area contributed by atoms with Crippen LogP contribution in [0.1, 0.15) is 60.0 Å². The molecule has 10 nitrogen and oxygen atoms in total. The molecule has 0 aromatic heterocycles. The normalized spacial score (nSPS) is 23.4. The summed E-state index contributed by atoms with van der Waals surface area (Å²) in [4.78, 5) is 40.1. The van der Waals surface area contributed by atoms with Gasteiger partial charge in [0.1, 0.15) is 11.4 Å². The topological polar surface area (TPSA) is 134 Å². The van der Waals surface area contributed by atoms with Crippen LogP contribution in [0.5, 0.6) is 0 Å². The SMILES string of the molecule is COC(=O)c1ccc(CN[C@@H]2[C@H](CO)N(C3CCCC3)[C@@](C)(C(=O)Nc3cccc(Cl)c3)[C@H]2c2cccc(Cl)c2F)c([N+](=O)[O-])c1. The van der Waals surface area contributed by atoms with E-state index >= 15 is 4.39 Å². The van der Waals surface area contributed by atoms with Gasteiger partial charge in [0.2, 0.25) is 5.91 Å². The van der Waals surface area contributed by atoms with Crippen LogP contribution in [-0.4, -0.2) is 64.2 Å². The molecule has 2 aliphatic rings. The van der Waals surface area contributed by atoms with Crippen LogP contribution in [0, 0.1) is 15.9 Å². The number of aliphatic hydroxyl groups excluding tert-OH is 1. The molecule has 13 heteroatoms. The molecule has 3 N–H and O–H groups in total. The van der Waals surface area contributed by atoms with Gasteiger partial charge >= 0.3 is 5.97 Å². The third kappa shape index (κ3) is 6.34. The molecule has 46 heavy (non-hydrogen) atoms. The second-order valence-corrected chi connectivity index (χ2v) is 12.7. The van der Waals surface area contributed by atoms with Crippen LogP contribution in [0.2, 0.25) is 10.0 Å². The van der Waals surface area contributed by atoms with Crippen molar-refractivity contribution in [2.45, 2.75) is 68.7 Å². The minimum absolute atomic E-state index is 0.0172. The number of amides is 1. The monoisotopic (exact) mass is 672 g/mol. The van der Waals surface area contributed by atoms with E-state index in [1.807, 2.05) is 4.90 Å². The lowest BCUT2D eigenvalue weighted by molar-refractivity contribution is -0.385. The fraction of sp³-hybridized carbons (Fsp3) is 0.394. The van der Waals surface area contributed by atoms with Crippen molar-refractivity contribution in [2.24, 2.45) is 0 Å². The van der Waals surface area contributed by atoms with Crippen molar-refractivity contribution in [3.05, 3.63) is 103 Å². The van der Waals surface area contributed by atoms with Crippen LogP contribution >= 0.6 is 23.2 Å². The van der Waals surface area contributed by atoms with Gasteiger partial charge in [0.15, 0.2) is 0 Å². The number of benzene rings is 3. The number of ether oxygens (including phenoxy) is 1. The number of rotatable bonds is 10. The first kappa shape index (κ1) is 33.7. The smallest absolute Gasteiger partial charge is 0.338 e. The summed E-state index contributed by atoms with van der Waals surface area (Å²) in [5.41, 5.74) is -0.840. The van der Waals surface area contributed by atoms with Crippen LogP contribution in [0.25, 0.3) is 0 Å². The van der Waals surface area contributed by atoms with E-state index in [4.69, 9.17) is 27.9 Å². The van der Waals surface area contributed by atoms with Gasteiger partial charge in [-0.05, 0) is 55.7 Å². The fourth-order valence-electron chi connectivity index (χ4n) is 7.23. The van der Waals surface area contributed by atoms with Crippen LogP contribution < -0.4 is 10.6 Å².